The number of piperidine rings is 1. The quantitative estimate of drug-likeness (QED) is 0.578. The maximum atomic E-state index is 9.80. The first-order chi connectivity index (χ1) is 17.5. The van der Waals surface area contributed by atoms with E-state index in [1.54, 1.807) is 7.11 Å². The van der Waals surface area contributed by atoms with E-state index in [4.69, 9.17) is 29.2 Å². The van der Waals surface area contributed by atoms with Gasteiger partial charge in [0.05, 0.1) is 55.8 Å². The van der Waals surface area contributed by atoms with Crippen LogP contribution in [0, 0.1) is 0 Å². The molecule has 9 nitrogen and oxygen atoms in total. The number of aliphatic hydroxyl groups is 1. The molecule has 36 heavy (non-hydrogen) atoms. The predicted molar refractivity (Wildman–Crippen MR) is 138 cm³/mol. The number of hydrogen-bond donors (Lipinski definition) is 1. The smallest absolute Gasteiger partial charge is 0.229 e. The highest BCUT2D eigenvalue weighted by Gasteiger charge is 2.37. The lowest BCUT2D eigenvalue weighted by Gasteiger charge is -2.46. The van der Waals surface area contributed by atoms with Gasteiger partial charge in [-0.25, -0.2) is 4.98 Å². The van der Waals surface area contributed by atoms with Crippen LogP contribution in [0.5, 0.6) is 5.75 Å². The fraction of sp³-hybridized carbons (Fsp3) is 0.519. The number of rotatable bonds is 5. The molecule has 0 spiro atoms. The Labute approximate surface area is 211 Å². The van der Waals surface area contributed by atoms with Gasteiger partial charge in [0.1, 0.15) is 11.6 Å². The van der Waals surface area contributed by atoms with Gasteiger partial charge in [-0.15, -0.1) is 0 Å². The minimum Gasteiger partial charge on any atom is -0.496 e. The molecule has 4 saturated heterocycles. The summed E-state index contributed by atoms with van der Waals surface area (Å²) in [6.45, 7) is 7.12. The molecular formula is C27H33N5O4. The average Bonchev–Trinajstić information content (AvgIpc) is 2.91. The summed E-state index contributed by atoms with van der Waals surface area (Å²) in [5, 5.41) is 10.7. The minimum absolute atomic E-state index is 0.103. The number of fused-ring (bicyclic) bond motifs is 4. The normalized spacial score (nSPS) is 26.0. The summed E-state index contributed by atoms with van der Waals surface area (Å²) < 4.78 is 17.3. The van der Waals surface area contributed by atoms with Crippen LogP contribution in [0.2, 0.25) is 0 Å². The van der Waals surface area contributed by atoms with Crippen molar-refractivity contribution in [1.82, 2.24) is 15.0 Å². The van der Waals surface area contributed by atoms with Crippen molar-refractivity contribution in [2.75, 3.05) is 43.2 Å². The number of aromatic nitrogens is 3. The standard InChI is InChI=1S/C27H33N5O4/c1-16-11-31(12-17(2)36-16)27-29-25-22(26(30-27)32-13-21-6-5-20(32)15-35-21)7-8-23(28-25)18-4-9-24(34-3)19(10-18)14-33/h4,7-10,16-17,20-21,33H,5-6,11-15H2,1-3H3/t16-,17+,20?,21?. The lowest BCUT2D eigenvalue weighted by molar-refractivity contribution is -0.0227. The molecule has 9 heteroatoms. The summed E-state index contributed by atoms with van der Waals surface area (Å²) in [6.07, 6.45) is 2.66. The van der Waals surface area contributed by atoms with E-state index in [1.807, 2.05) is 24.3 Å². The third kappa shape index (κ3) is 4.25. The van der Waals surface area contributed by atoms with Crippen LogP contribution >= 0.6 is 0 Å². The van der Waals surface area contributed by atoms with Gasteiger partial charge >= 0.3 is 0 Å². The average molecular weight is 492 g/mol. The van der Waals surface area contributed by atoms with E-state index in [1.165, 1.54) is 0 Å². The van der Waals surface area contributed by atoms with Crippen LogP contribution in [0.3, 0.4) is 0 Å². The van der Waals surface area contributed by atoms with Gasteiger partial charge in [0.15, 0.2) is 5.65 Å². The van der Waals surface area contributed by atoms with Gasteiger partial charge in [0.25, 0.3) is 0 Å². The van der Waals surface area contributed by atoms with E-state index in [9.17, 15) is 5.11 Å². The molecular weight excluding hydrogens is 458 g/mol. The largest absolute Gasteiger partial charge is 0.496 e. The maximum Gasteiger partial charge on any atom is 0.229 e. The van der Waals surface area contributed by atoms with Gasteiger partial charge in [-0.2, -0.15) is 9.97 Å². The Morgan fingerprint density at radius 1 is 1.03 bits per heavy atom. The molecule has 2 unspecified atom stereocenters. The molecule has 4 aliphatic rings. The Morgan fingerprint density at radius 3 is 2.53 bits per heavy atom. The Kier molecular flexibility index (Phi) is 6.15. The van der Waals surface area contributed by atoms with Gasteiger partial charge in [-0.05, 0) is 57.0 Å². The molecule has 190 valence electrons. The molecule has 1 N–H and O–H groups in total. The molecule has 4 fully saturated rings. The van der Waals surface area contributed by atoms with E-state index in [-0.39, 0.29) is 24.9 Å². The van der Waals surface area contributed by atoms with Crippen molar-refractivity contribution in [3.63, 3.8) is 0 Å². The van der Waals surface area contributed by atoms with E-state index in [0.717, 1.165) is 67.1 Å². The van der Waals surface area contributed by atoms with Crippen LogP contribution in [0.25, 0.3) is 22.3 Å². The van der Waals surface area contributed by atoms with Crippen LogP contribution in [0.15, 0.2) is 30.3 Å². The lowest BCUT2D eigenvalue weighted by atomic mass is 9.97. The minimum atomic E-state index is -0.103. The molecule has 0 aliphatic carbocycles. The summed E-state index contributed by atoms with van der Waals surface area (Å²) in [5.41, 5.74) is 3.09. The molecule has 1 aromatic carbocycles. The highest BCUT2D eigenvalue weighted by Crippen LogP contribution is 2.36. The van der Waals surface area contributed by atoms with Crippen LogP contribution < -0.4 is 14.5 Å². The van der Waals surface area contributed by atoms with Gasteiger partial charge in [0.2, 0.25) is 5.95 Å². The van der Waals surface area contributed by atoms with E-state index >= 15 is 0 Å². The molecule has 4 aliphatic heterocycles. The Bertz CT molecular complexity index is 1250. The number of pyridine rings is 1. The number of ether oxygens (including phenoxy) is 3. The van der Waals surface area contributed by atoms with Gasteiger partial charge in [-0.1, -0.05) is 0 Å². The maximum absolute atomic E-state index is 9.80. The van der Waals surface area contributed by atoms with Crippen LogP contribution in [-0.2, 0) is 16.1 Å². The first kappa shape index (κ1) is 23.4. The van der Waals surface area contributed by atoms with Gasteiger partial charge in [0, 0.05) is 30.8 Å². The fourth-order valence-electron chi connectivity index (χ4n) is 5.72. The lowest BCUT2D eigenvalue weighted by Crippen LogP contribution is -2.55. The number of benzene rings is 1. The molecule has 4 atom stereocenters. The third-order valence-corrected chi connectivity index (χ3v) is 7.44. The Hall–Kier alpha value is -3.01. The zero-order valence-electron chi connectivity index (χ0n) is 21.1. The first-order valence-corrected chi connectivity index (χ1v) is 12.8. The topological polar surface area (TPSA) is 93.1 Å². The van der Waals surface area contributed by atoms with Crippen LogP contribution in [0.4, 0.5) is 11.8 Å². The molecule has 2 aromatic heterocycles. The highest BCUT2D eigenvalue weighted by atomic mass is 16.5. The monoisotopic (exact) mass is 491 g/mol. The molecule has 0 radical (unpaired) electrons. The third-order valence-electron chi connectivity index (χ3n) is 7.44. The number of morpholine rings is 2. The summed E-state index contributed by atoms with van der Waals surface area (Å²) in [7, 11) is 1.61. The van der Waals surface area contributed by atoms with Crippen molar-refractivity contribution >= 4 is 22.8 Å². The van der Waals surface area contributed by atoms with Crippen molar-refractivity contribution < 1.29 is 19.3 Å². The summed E-state index contributed by atoms with van der Waals surface area (Å²) in [4.78, 5) is 19.7. The van der Waals surface area contributed by atoms with E-state index in [2.05, 4.69) is 29.7 Å². The zero-order chi connectivity index (χ0) is 24.8. The number of aliphatic hydroxyl groups excluding tert-OH is 1. The Morgan fingerprint density at radius 2 is 1.86 bits per heavy atom. The van der Waals surface area contributed by atoms with Crippen molar-refractivity contribution in [3.05, 3.63) is 35.9 Å². The van der Waals surface area contributed by atoms with Gasteiger partial charge < -0.3 is 29.1 Å². The second kappa shape index (κ2) is 9.46. The van der Waals surface area contributed by atoms with Crippen molar-refractivity contribution in [2.24, 2.45) is 0 Å². The molecule has 2 bridgehead atoms. The first-order valence-electron chi connectivity index (χ1n) is 12.8. The summed E-state index contributed by atoms with van der Waals surface area (Å²) in [5.74, 6) is 2.29. The zero-order valence-corrected chi connectivity index (χ0v) is 21.1. The number of anilines is 2. The van der Waals surface area contributed by atoms with E-state index in [0.29, 0.717) is 23.4 Å². The molecule has 0 amide bonds. The van der Waals surface area contributed by atoms with Crippen molar-refractivity contribution in [1.29, 1.82) is 0 Å². The summed E-state index contributed by atoms with van der Waals surface area (Å²) in [6, 6.07) is 10.1. The molecule has 7 rings (SSSR count). The van der Waals surface area contributed by atoms with Gasteiger partial charge in [-0.3, -0.25) is 0 Å². The second-order valence-electron chi connectivity index (χ2n) is 10.1. The van der Waals surface area contributed by atoms with Crippen LogP contribution in [0.1, 0.15) is 32.3 Å². The fourth-order valence-corrected chi connectivity index (χ4v) is 5.72. The predicted octanol–water partition coefficient (Wildman–Crippen LogP) is 3.17. The van der Waals surface area contributed by atoms with Crippen LogP contribution in [-0.4, -0.2) is 77.8 Å². The van der Waals surface area contributed by atoms with Crippen molar-refractivity contribution in [2.45, 2.75) is 57.6 Å². The molecule has 6 heterocycles. The number of methoxy groups -OCH3 is 1. The second-order valence-corrected chi connectivity index (χ2v) is 10.1. The number of hydrogen-bond acceptors (Lipinski definition) is 9. The van der Waals surface area contributed by atoms with Crippen molar-refractivity contribution in [3.8, 4) is 17.0 Å². The summed E-state index contributed by atoms with van der Waals surface area (Å²) >= 11 is 0. The molecule has 3 aromatic rings. The number of nitrogens with zero attached hydrogens (tertiary/aromatic N) is 5. The Balaban J connectivity index is 1.46. The highest BCUT2D eigenvalue weighted by molar-refractivity contribution is 5.90. The SMILES string of the molecule is COc1ccc(-c2ccc3c(N4CC5CCC4CO5)nc(N4C[C@@H](C)O[C@@H](C)C4)nc3n2)cc1CO. The molecule has 0 saturated carbocycles. The van der Waals surface area contributed by atoms with E-state index < -0.39 is 0 Å².